The summed E-state index contributed by atoms with van der Waals surface area (Å²) in [5.41, 5.74) is 1.55. The third-order valence-electron chi connectivity index (χ3n) is 4.54. The Balaban J connectivity index is 1.69. The first kappa shape index (κ1) is 21.8. The van der Waals surface area contributed by atoms with Crippen molar-refractivity contribution >= 4 is 65.6 Å². The number of carbonyl (C=O) groups excluding carboxylic acids is 1. The summed E-state index contributed by atoms with van der Waals surface area (Å²) in [6.45, 7) is 0.198. The molecular weight excluding hydrogens is 475 g/mol. The van der Waals surface area contributed by atoms with Crippen LogP contribution < -0.4 is 4.90 Å². The molecule has 0 unspecified atom stereocenters. The van der Waals surface area contributed by atoms with E-state index in [0.29, 0.717) is 20.7 Å². The van der Waals surface area contributed by atoms with Crippen LogP contribution in [-0.2, 0) is 21.2 Å². The number of sulfone groups is 1. The fourth-order valence-corrected chi connectivity index (χ4v) is 5.58. The monoisotopic (exact) mass is 490 g/mol. The highest BCUT2D eigenvalue weighted by molar-refractivity contribution is 7.92. The number of carbonyl (C=O) groups is 1. The standard InChI is InChI=1S/C22H16Cl2N2O3S2/c23-16-6-9-18(10-7-16)31(28,29)14-21(27)26(13-15-4-2-1-3-5-15)22-25-19-11-8-17(24)12-20(19)30-22/h1-12H,13-14H2. The Morgan fingerprint density at radius 3 is 2.32 bits per heavy atom. The van der Waals surface area contributed by atoms with E-state index in [1.165, 1.54) is 40.5 Å². The molecule has 3 aromatic carbocycles. The zero-order valence-corrected chi connectivity index (χ0v) is 19.2. The van der Waals surface area contributed by atoms with Crippen LogP contribution in [-0.4, -0.2) is 25.1 Å². The summed E-state index contributed by atoms with van der Waals surface area (Å²) >= 11 is 13.2. The van der Waals surface area contributed by atoms with E-state index < -0.39 is 21.5 Å². The molecule has 0 fully saturated rings. The molecule has 4 rings (SSSR count). The molecule has 158 valence electrons. The molecule has 9 heteroatoms. The minimum Gasteiger partial charge on any atom is -0.283 e. The molecule has 0 saturated heterocycles. The predicted molar refractivity (Wildman–Crippen MR) is 126 cm³/mol. The minimum absolute atomic E-state index is 0.0426. The van der Waals surface area contributed by atoms with Gasteiger partial charge in [0.25, 0.3) is 0 Å². The van der Waals surface area contributed by atoms with Crippen molar-refractivity contribution in [3.05, 3.63) is 88.4 Å². The lowest BCUT2D eigenvalue weighted by molar-refractivity contribution is -0.116. The molecule has 0 radical (unpaired) electrons. The van der Waals surface area contributed by atoms with Crippen molar-refractivity contribution in [1.82, 2.24) is 4.98 Å². The van der Waals surface area contributed by atoms with Gasteiger partial charge in [0.05, 0.1) is 21.7 Å². The number of fused-ring (bicyclic) bond motifs is 1. The van der Waals surface area contributed by atoms with Crippen LogP contribution in [0.3, 0.4) is 0 Å². The molecule has 0 N–H and O–H groups in total. The van der Waals surface area contributed by atoms with Gasteiger partial charge in [-0.05, 0) is 48.0 Å². The van der Waals surface area contributed by atoms with Crippen LogP contribution in [0.1, 0.15) is 5.56 Å². The maximum absolute atomic E-state index is 13.2. The number of rotatable bonds is 6. The van der Waals surface area contributed by atoms with Crippen molar-refractivity contribution in [2.75, 3.05) is 10.7 Å². The van der Waals surface area contributed by atoms with E-state index in [-0.39, 0.29) is 11.4 Å². The number of aromatic nitrogens is 1. The second-order valence-electron chi connectivity index (χ2n) is 6.79. The average Bonchev–Trinajstić information content (AvgIpc) is 3.15. The predicted octanol–water partition coefficient (Wildman–Crippen LogP) is 5.61. The molecule has 0 atom stereocenters. The Bertz CT molecular complexity index is 1340. The van der Waals surface area contributed by atoms with E-state index in [0.717, 1.165) is 10.3 Å². The lowest BCUT2D eigenvalue weighted by Crippen LogP contribution is -2.35. The van der Waals surface area contributed by atoms with Crippen LogP contribution in [0.25, 0.3) is 10.2 Å². The van der Waals surface area contributed by atoms with E-state index in [9.17, 15) is 13.2 Å². The van der Waals surface area contributed by atoms with Crippen LogP contribution in [0.4, 0.5) is 5.13 Å². The number of halogens is 2. The van der Waals surface area contributed by atoms with E-state index in [1.54, 1.807) is 18.2 Å². The Morgan fingerprint density at radius 2 is 1.61 bits per heavy atom. The summed E-state index contributed by atoms with van der Waals surface area (Å²) in [6.07, 6.45) is 0. The topological polar surface area (TPSA) is 67.3 Å². The van der Waals surface area contributed by atoms with Gasteiger partial charge in [0.15, 0.2) is 15.0 Å². The summed E-state index contributed by atoms with van der Waals surface area (Å²) in [7, 11) is -3.85. The molecule has 0 spiro atoms. The SMILES string of the molecule is O=C(CS(=O)(=O)c1ccc(Cl)cc1)N(Cc1ccccc1)c1nc2ccc(Cl)cc2s1. The van der Waals surface area contributed by atoms with Gasteiger partial charge in [-0.15, -0.1) is 0 Å². The van der Waals surface area contributed by atoms with E-state index in [1.807, 2.05) is 30.3 Å². The smallest absolute Gasteiger partial charge is 0.244 e. The molecule has 31 heavy (non-hydrogen) atoms. The molecular formula is C22H16Cl2N2O3S2. The quantitative estimate of drug-likeness (QED) is 0.352. The summed E-state index contributed by atoms with van der Waals surface area (Å²) in [5.74, 6) is -1.25. The molecule has 0 bridgehead atoms. The molecule has 0 saturated carbocycles. The molecule has 5 nitrogen and oxygen atoms in total. The van der Waals surface area contributed by atoms with Crippen LogP contribution in [0.15, 0.2) is 77.7 Å². The van der Waals surface area contributed by atoms with Crippen LogP contribution in [0.2, 0.25) is 10.0 Å². The normalized spacial score (nSPS) is 11.5. The number of nitrogens with zero attached hydrogens (tertiary/aromatic N) is 2. The van der Waals surface area contributed by atoms with Crippen LogP contribution in [0.5, 0.6) is 0 Å². The highest BCUT2D eigenvalue weighted by atomic mass is 35.5. The number of anilines is 1. The van der Waals surface area contributed by atoms with Crippen molar-refractivity contribution in [1.29, 1.82) is 0 Å². The Morgan fingerprint density at radius 1 is 0.935 bits per heavy atom. The zero-order chi connectivity index (χ0) is 22.0. The Kier molecular flexibility index (Phi) is 6.29. The van der Waals surface area contributed by atoms with Crippen molar-refractivity contribution in [3.8, 4) is 0 Å². The van der Waals surface area contributed by atoms with Gasteiger partial charge in [0, 0.05) is 10.0 Å². The van der Waals surface area contributed by atoms with Gasteiger partial charge in [-0.2, -0.15) is 0 Å². The van der Waals surface area contributed by atoms with E-state index >= 15 is 0 Å². The number of hydrogen-bond donors (Lipinski definition) is 0. The van der Waals surface area contributed by atoms with Gasteiger partial charge >= 0.3 is 0 Å². The fourth-order valence-electron chi connectivity index (χ4n) is 3.00. The highest BCUT2D eigenvalue weighted by Crippen LogP contribution is 2.32. The van der Waals surface area contributed by atoms with Crippen molar-refractivity contribution < 1.29 is 13.2 Å². The van der Waals surface area contributed by atoms with Crippen molar-refractivity contribution in [2.45, 2.75) is 11.4 Å². The first-order chi connectivity index (χ1) is 14.8. The van der Waals surface area contributed by atoms with Gasteiger partial charge in [0.1, 0.15) is 5.75 Å². The largest absolute Gasteiger partial charge is 0.283 e. The van der Waals surface area contributed by atoms with Gasteiger partial charge in [0.2, 0.25) is 5.91 Å². The molecule has 1 heterocycles. The number of thiazole rings is 1. The first-order valence-electron chi connectivity index (χ1n) is 9.20. The van der Waals surface area contributed by atoms with E-state index in [4.69, 9.17) is 23.2 Å². The van der Waals surface area contributed by atoms with Crippen molar-refractivity contribution in [3.63, 3.8) is 0 Å². The van der Waals surface area contributed by atoms with Gasteiger partial charge in [-0.3, -0.25) is 9.69 Å². The molecule has 0 aliphatic rings. The summed E-state index contributed by atoms with van der Waals surface area (Å²) in [4.78, 5) is 19.2. The number of amides is 1. The van der Waals surface area contributed by atoms with Gasteiger partial charge in [-0.25, -0.2) is 13.4 Å². The molecule has 0 aliphatic carbocycles. The second-order valence-corrected chi connectivity index (χ2v) is 10.7. The molecule has 1 amide bonds. The summed E-state index contributed by atoms with van der Waals surface area (Å²) in [6, 6.07) is 20.4. The zero-order valence-electron chi connectivity index (χ0n) is 16.0. The Hall–Kier alpha value is -2.45. The van der Waals surface area contributed by atoms with E-state index in [2.05, 4.69) is 4.98 Å². The summed E-state index contributed by atoms with van der Waals surface area (Å²) < 4.78 is 26.5. The first-order valence-corrected chi connectivity index (χ1v) is 12.4. The molecule has 4 aromatic rings. The van der Waals surface area contributed by atoms with Crippen LogP contribution >= 0.6 is 34.5 Å². The molecule has 0 aliphatic heterocycles. The minimum atomic E-state index is -3.85. The van der Waals surface area contributed by atoms with Crippen LogP contribution in [0, 0.1) is 0 Å². The average molecular weight is 491 g/mol. The highest BCUT2D eigenvalue weighted by Gasteiger charge is 2.27. The number of benzene rings is 3. The maximum atomic E-state index is 13.2. The van der Waals surface area contributed by atoms with Crippen molar-refractivity contribution in [2.24, 2.45) is 0 Å². The fraction of sp³-hybridized carbons (Fsp3) is 0.0909. The maximum Gasteiger partial charge on any atom is 0.244 e. The lowest BCUT2D eigenvalue weighted by atomic mass is 10.2. The summed E-state index contributed by atoms with van der Waals surface area (Å²) in [5, 5.41) is 1.40. The third-order valence-corrected chi connectivity index (χ3v) is 7.69. The number of hydrogen-bond acceptors (Lipinski definition) is 5. The van der Waals surface area contributed by atoms with Gasteiger partial charge < -0.3 is 0 Å². The molecule has 1 aromatic heterocycles. The van der Waals surface area contributed by atoms with Gasteiger partial charge in [-0.1, -0.05) is 64.9 Å². The second kappa shape index (κ2) is 8.96. The Labute approximate surface area is 193 Å². The lowest BCUT2D eigenvalue weighted by Gasteiger charge is -2.20. The third kappa shape index (κ3) is 5.07.